The van der Waals surface area contributed by atoms with Gasteiger partial charge in [-0.3, -0.25) is 9.98 Å². The van der Waals surface area contributed by atoms with Crippen molar-refractivity contribution in [3.05, 3.63) is 119 Å². The fourth-order valence-electron chi connectivity index (χ4n) is 4.77. The van der Waals surface area contributed by atoms with Crippen molar-refractivity contribution in [1.82, 2.24) is 9.55 Å². The van der Waals surface area contributed by atoms with Gasteiger partial charge in [0.05, 0.1) is 24.3 Å². The van der Waals surface area contributed by atoms with Crippen molar-refractivity contribution < 1.29 is 9.47 Å². The van der Waals surface area contributed by atoms with E-state index in [4.69, 9.17) is 14.7 Å². The Hall–Kier alpha value is -4.89. The number of hydrogen-bond donors (Lipinski definition) is 1. The highest BCUT2D eigenvalue weighted by Crippen LogP contribution is 2.48. The number of methoxy groups -OCH3 is 1. The van der Waals surface area contributed by atoms with Crippen molar-refractivity contribution >= 4 is 10.8 Å². The Labute approximate surface area is 201 Å². The maximum atomic E-state index is 9.24. The SMILES string of the molecule is COc1cccc(C2c3c(ncn(-c4ccc(C#N)cc4)c3=N)Oc3ccc4ccccc4c32)c1. The van der Waals surface area contributed by atoms with Gasteiger partial charge >= 0.3 is 0 Å². The molecule has 1 atom stereocenters. The summed E-state index contributed by atoms with van der Waals surface area (Å²) in [5, 5.41) is 20.6. The van der Waals surface area contributed by atoms with Crippen LogP contribution in [0.2, 0.25) is 0 Å². The second-order valence-electron chi connectivity index (χ2n) is 8.35. The van der Waals surface area contributed by atoms with Crippen molar-refractivity contribution in [3.63, 3.8) is 0 Å². The average molecular weight is 457 g/mol. The molecule has 0 spiro atoms. The van der Waals surface area contributed by atoms with Crippen LogP contribution in [-0.2, 0) is 0 Å². The molecule has 5 aromatic rings. The Bertz CT molecular complexity index is 1700. The molecule has 0 fully saturated rings. The van der Waals surface area contributed by atoms with E-state index in [1.165, 1.54) is 0 Å². The van der Waals surface area contributed by atoms with Crippen LogP contribution in [0.3, 0.4) is 0 Å². The fraction of sp³-hybridized carbons (Fsp3) is 0.0690. The molecule has 0 radical (unpaired) electrons. The minimum absolute atomic E-state index is 0.270. The van der Waals surface area contributed by atoms with Gasteiger partial charge in [0.25, 0.3) is 0 Å². The Balaban J connectivity index is 1.65. The van der Waals surface area contributed by atoms with Gasteiger partial charge in [0.15, 0.2) is 0 Å². The number of aromatic nitrogens is 2. The molecule has 1 aliphatic heterocycles. The molecule has 1 unspecified atom stereocenters. The molecule has 1 aromatic heterocycles. The van der Waals surface area contributed by atoms with E-state index in [1.54, 1.807) is 30.1 Å². The lowest BCUT2D eigenvalue weighted by molar-refractivity contribution is 0.412. The molecule has 168 valence electrons. The Morgan fingerprint density at radius 2 is 1.80 bits per heavy atom. The summed E-state index contributed by atoms with van der Waals surface area (Å²) < 4.78 is 13.5. The van der Waals surface area contributed by atoms with Crippen LogP contribution in [0.15, 0.2) is 91.3 Å². The number of rotatable bonds is 3. The molecule has 0 saturated carbocycles. The van der Waals surface area contributed by atoms with Crippen molar-refractivity contribution in [1.29, 1.82) is 10.7 Å². The predicted octanol–water partition coefficient (Wildman–Crippen LogP) is 5.67. The van der Waals surface area contributed by atoms with Crippen LogP contribution in [0.1, 0.15) is 28.2 Å². The Morgan fingerprint density at radius 1 is 0.971 bits per heavy atom. The summed E-state index contributed by atoms with van der Waals surface area (Å²) in [6.45, 7) is 0. The maximum absolute atomic E-state index is 9.24. The second-order valence-corrected chi connectivity index (χ2v) is 8.35. The first-order valence-corrected chi connectivity index (χ1v) is 11.2. The molecule has 0 amide bonds. The first-order valence-electron chi connectivity index (χ1n) is 11.2. The van der Waals surface area contributed by atoms with Gasteiger partial charge in [-0.15, -0.1) is 0 Å². The monoisotopic (exact) mass is 456 g/mol. The first-order chi connectivity index (χ1) is 17.2. The molecule has 1 aliphatic rings. The van der Waals surface area contributed by atoms with Crippen LogP contribution >= 0.6 is 0 Å². The highest BCUT2D eigenvalue weighted by Gasteiger charge is 2.33. The zero-order valence-corrected chi connectivity index (χ0v) is 18.9. The topological polar surface area (TPSA) is 83.9 Å². The quantitative estimate of drug-likeness (QED) is 0.372. The van der Waals surface area contributed by atoms with Crippen molar-refractivity contribution in [3.8, 4) is 29.1 Å². The van der Waals surface area contributed by atoms with E-state index in [0.717, 1.165) is 39.1 Å². The van der Waals surface area contributed by atoms with E-state index in [-0.39, 0.29) is 11.4 Å². The zero-order valence-electron chi connectivity index (χ0n) is 18.9. The molecule has 4 aromatic carbocycles. The first kappa shape index (κ1) is 20.7. The second kappa shape index (κ2) is 8.15. The van der Waals surface area contributed by atoms with Crippen LogP contribution in [0.4, 0.5) is 0 Å². The van der Waals surface area contributed by atoms with Crippen LogP contribution in [0.25, 0.3) is 16.5 Å². The van der Waals surface area contributed by atoms with Crippen LogP contribution in [0.5, 0.6) is 17.4 Å². The maximum Gasteiger partial charge on any atom is 0.228 e. The average Bonchev–Trinajstić information content (AvgIpc) is 2.92. The molecule has 1 N–H and O–H groups in total. The standard InChI is InChI=1S/C29H20N4O2/c1-34-22-7-4-6-20(15-22)25-26-23-8-3-2-5-19(23)11-14-24(26)35-29-27(25)28(31)33(17-32-29)21-12-9-18(16-30)10-13-21/h2-15,17,25,31H,1H3. The summed E-state index contributed by atoms with van der Waals surface area (Å²) in [4.78, 5) is 4.62. The fourth-order valence-corrected chi connectivity index (χ4v) is 4.77. The van der Waals surface area contributed by atoms with E-state index < -0.39 is 0 Å². The highest BCUT2D eigenvalue weighted by molar-refractivity contribution is 5.90. The number of nitriles is 1. The molecule has 6 heteroatoms. The lowest BCUT2D eigenvalue weighted by atomic mass is 9.81. The van der Waals surface area contributed by atoms with Gasteiger partial charge in [-0.1, -0.05) is 42.5 Å². The number of benzene rings is 4. The number of hydrogen-bond acceptors (Lipinski definition) is 5. The summed E-state index contributed by atoms with van der Waals surface area (Å²) >= 11 is 0. The number of ether oxygens (including phenoxy) is 2. The van der Waals surface area contributed by atoms with Gasteiger partial charge in [0, 0.05) is 17.2 Å². The van der Waals surface area contributed by atoms with E-state index >= 15 is 0 Å². The van der Waals surface area contributed by atoms with Gasteiger partial charge in [-0.25, -0.2) is 4.98 Å². The molecule has 6 nitrogen and oxygen atoms in total. The van der Waals surface area contributed by atoms with Crippen LogP contribution in [0, 0.1) is 16.7 Å². The third-order valence-corrected chi connectivity index (χ3v) is 6.43. The van der Waals surface area contributed by atoms with Gasteiger partial charge in [0.2, 0.25) is 5.88 Å². The molecule has 0 bridgehead atoms. The summed E-state index contributed by atoms with van der Waals surface area (Å²) in [5.41, 5.74) is 4.23. The molecule has 6 rings (SSSR count). The summed E-state index contributed by atoms with van der Waals surface area (Å²) in [6, 6.07) is 29.4. The molecular formula is C29H20N4O2. The Kier molecular flexibility index (Phi) is 4.82. The molecule has 2 heterocycles. The highest BCUT2D eigenvalue weighted by atomic mass is 16.5. The van der Waals surface area contributed by atoms with Crippen molar-refractivity contribution in [2.24, 2.45) is 0 Å². The summed E-state index contributed by atoms with van der Waals surface area (Å²) in [7, 11) is 1.65. The molecule has 0 saturated heterocycles. The van der Waals surface area contributed by atoms with E-state index in [9.17, 15) is 5.41 Å². The predicted molar refractivity (Wildman–Crippen MR) is 132 cm³/mol. The third-order valence-electron chi connectivity index (χ3n) is 6.43. The normalized spacial score (nSPS) is 13.9. The summed E-state index contributed by atoms with van der Waals surface area (Å²) in [6.07, 6.45) is 1.59. The van der Waals surface area contributed by atoms with Gasteiger partial charge in [-0.05, 0) is 58.8 Å². The summed E-state index contributed by atoms with van der Waals surface area (Å²) in [5.74, 6) is 1.59. The minimum Gasteiger partial charge on any atom is -0.497 e. The molecule has 35 heavy (non-hydrogen) atoms. The molecular weight excluding hydrogens is 436 g/mol. The number of fused-ring (bicyclic) bond motifs is 4. The minimum atomic E-state index is -0.291. The number of nitrogens with one attached hydrogen (secondary N) is 1. The van der Waals surface area contributed by atoms with Crippen molar-refractivity contribution in [2.75, 3.05) is 7.11 Å². The molecule has 0 aliphatic carbocycles. The number of nitrogens with zero attached hydrogens (tertiary/aromatic N) is 3. The van der Waals surface area contributed by atoms with Gasteiger partial charge in [0.1, 0.15) is 23.3 Å². The van der Waals surface area contributed by atoms with Gasteiger partial charge < -0.3 is 9.47 Å². The van der Waals surface area contributed by atoms with Crippen LogP contribution < -0.4 is 15.0 Å². The largest absolute Gasteiger partial charge is 0.497 e. The lowest BCUT2D eigenvalue weighted by Crippen LogP contribution is -2.29. The zero-order chi connectivity index (χ0) is 23.9. The Morgan fingerprint density at radius 3 is 2.60 bits per heavy atom. The van der Waals surface area contributed by atoms with Crippen LogP contribution in [-0.4, -0.2) is 16.7 Å². The van der Waals surface area contributed by atoms with E-state index in [0.29, 0.717) is 17.0 Å². The van der Waals surface area contributed by atoms with E-state index in [1.807, 2.05) is 60.7 Å². The van der Waals surface area contributed by atoms with E-state index in [2.05, 4.69) is 23.2 Å². The lowest BCUT2D eigenvalue weighted by Gasteiger charge is -2.30. The smallest absolute Gasteiger partial charge is 0.228 e. The third kappa shape index (κ3) is 3.33. The van der Waals surface area contributed by atoms with Gasteiger partial charge in [-0.2, -0.15) is 5.26 Å². The van der Waals surface area contributed by atoms with Crippen molar-refractivity contribution in [2.45, 2.75) is 5.92 Å².